The number of hydrogen-bond donors (Lipinski definition) is 2. The van der Waals surface area contributed by atoms with Crippen molar-refractivity contribution in [2.75, 3.05) is 5.32 Å². The summed E-state index contributed by atoms with van der Waals surface area (Å²) in [6.45, 7) is 0.417. The van der Waals surface area contributed by atoms with Crippen molar-refractivity contribution in [3.63, 3.8) is 0 Å². The van der Waals surface area contributed by atoms with Crippen LogP contribution in [-0.4, -0.2) is 11.8 Å². The maximum absolute atomic E-state index is 13.1. The van der Waals surface area contributed by atoms with Crippen LogP contribution in [0.1, 0.15) is 28.8 Å². The lowest BCUT2D eigenvalue weighted by atomic mass is 10.1. The average molecular weight is 330 g/mol. The highest BCUT2D eigenvalue weighted by molar-refractivity contribution is 6.04. The van der Waals surface area contributed by atoms with E-state index in [1.54, 1.807) is 24.3 Å². The number of nitrogens with one attached hydrogen (secondary N) is 2. The molecule has 0 spiro atoms. The van der Waals surface area contributed by atoms with Crippen molar-refractivity contribution in [3.8, 4) is 0 Å². The van der Waals surface area contributed by atoms with Crippen LogP contribution in [0.2, 0.25) is 0 Å². The molecule has 1 saturated carbocycles. The lowest BCUT2D eigenvalue weighted by Gasteiger charge is -2.07. The molecule has 2 N–H and O–H groups in total. The van der Waals surface area contributed by atoms with Gasteiger partial charge in [-0.15, -0.1) is 0 Å². The number of hydrogen-bond acceptors (Lipinski definition) is 2. The molecule has 3 rings (SSSR count). The zero-order chi connectivity index (χ0) is 17.1. The van der Waals surface area contributed by atoms with Crippen LogP contribution in [0.5, 0.6) is 0 Å². The van der Waals surface area contributed by atoms with Crippen molar-refractivity contribution in [1.29, 1.82) is 0 Å². The summed E-state index contributed by atoms with van der Waals surface area (Å²) >= 11 is 0. The van der Waals surface area contributed by atoms with Crippen molar-refractivity contribution in [2.24, 2.45) is 5.92 Å². The van der Waals surface area contributed by atoms with Gasteiger partial charge in [0, 0.05) is 29.8 Å². The van der Waals surface area contributed by atoms with Gasteiger partial charge in [-0.1, -0.05) is 12.1 Å². The van der Waals surface area contributed by atoms with Crippen LogP contribution in [0.15, 0.2) is 42.5 Å². The first-order chi connectivity index (χ1) is 11.5. The highest BCUT2D eigenvalue weighted by Crippen LogP contribution is 2.28. The van der Waals surface area contributed by atoms with Crippen molar-refractivity contribution < 1.29 is 18.4 Å². The number of benzene rings is 2. The Balaban J connectivity index is 1.58. The van der Waals surface area contributed by atoms with E-state index in [0.29, 0.717) is 12.1 Å². The fourth-order valence-electron chi connectivity index (χ4n) is 2.23. The van der Waals surface area contributed by atoms with E-state index in [4.69, 9.17) is 0 Å². The molecule has 0 bridgehead atoms. The molecule has 124 valence electrons. The summed E-state index contributed by atoms with van der Waals surface area (Å²) in [5.74, 6) is -2.18. The van der Waals surface area contributed by atoms with Crippen LogP contribution in [0.3, 0.4) is 0 Å². The molecule has 2 aromatic carbocycles. The first kappa shape index (κ1) is 16.1. The molecule has 0 saturated heterocycles. The van der Waals surface area contributed by atoms with Gasteiger partial charge < -0.3 is 10.6 Å². The lowest BCUT2D eigenvalue weighted by molar-refractivity contribution is -0.122. The van der Waals surface area contributed by atoms with Crippen molar-refractivity contribution in [2.45, 2.75) is 19.4 Å². The highest BCUT2D eigenvalue weighted by atomic mass is 19.2. The molecule has 0 heterocycles. The van der Waals surface area contributed by atoms with Crippen LogP contribution in [0.4, 0.5) is 14.5 Å². The largest absolute Gasteiger partial charge is 0.352 e. The Labute approximate surface area is 137 Å². The second-order valence-corrected chi connectivity index (χ2v) is 5.77. The SMILES string of the molecule is O=C(Nc1ccc(F)c(F)c1)c1ccc(CNC(=O)C2CC2)cc1. The number of carbonyl (C=O) groups is 2. The van der Waals surface area contributed by atoms with Gasteiger partial charge in [0.15, 0.2) is 11.6 Å². The molecule has 1 fully saturated rings. The smallest absolute Gasteiger partial charge is 0.255 e. The van der Waals surface area contributed by atoms with Gasteiger partial charge in [-0.3, -0.25) is 9.59 Å². The summed E-state index contributed by atoms with van der Waals surface area (Å²) in [5, 5.41) is 5.35. The summed E-state index contributed by atoms with van der Waals surface area (Å²) in [7, 11) is 0. The molecular formula is C18H16F2N2O2. The molecule has 1 aliphatic carbocycles. The molecule has 0 radical (unpaired) electrons. The molecule has 24 heavy (non-hydrogen) atoms. The third kappa shape index (κ3) is 3.95. The Hall–Kier alpha value is -2.76. The summed E-state index contributed by atoms with van der Waals surface area (Å²) in [6.07, 6.45) is 1.91. The number of anilines is 1. The first-order valence-corrected chi connectivity index (χ1v) is 7.66. The van der Waals surface area contributed by atoms with Crippen LogP contribution in [-0.2, 0) is 11.3 Å². The standard InChI is InChI=1S/C18H16F2N2O2/c19-15-8-7-14(9-16(15)20)22-18(24)13-3-1-11(2-4-13)10-21-17(23)12-5-6-12/h1-4,7-9,12H,5-6,10H2,(H,21,23)(H,22,24). The Morgan fingerprint density at radius 1 is 1.00 bits per heavy atom. The van der Waals surface area contributed by atoms with E-state index < -0.39 is 17.5 Å². The van der Waals surface area contributed by atoms with Crippen molar-refractivity contribution in [1.82, 2.24) is 5.32 Å². The Morgan fingerprint density at radius 3 is 2.33 bits per heavy atom. The molecule has 1 aliphatic rings. The minimum Gasteiger partial charge on any atom is -0.352 e. The molecule has 2 aromatic rings. The topological polar surface area (TPSA) is 58.2 Å². The second kappa shape index (κ2) is 6.78. The third-order valence-corrected chi connectivity index (χ3v) is 3.81. The van der Waals surface area contributed by atoms with E-state index in [2.05, 4.69) is 10.6 Å². The maximum atomic E-state index is 13.1. The Morgan fingerprint density at radius 2 is 1.71 bits per heavy atom. The minimum absolute atomic E-state index is 0.0650. The molecule has 2 amide bonds. The summed E-state index contributed by atoms with van der Waals surface area (Å²) < 4.78 is 26.0. The van der Waals surface area contributed by atoms with Gasteiger partial charge in [0.05, 0.1) is 0 Å². The normalized spacial score (nSPS) is 13.4. The van der Waals surface area contributed by atoms with Crippen molar-refractivity contribution >= 4 is 17.5 Å². The van der Waals surface area contributed by atoms with E-state index in [0.717, 1.165) is 30.5 Å². The molecule has 6 heteroatoms. The van der Waals surface area contributed by atoms with Crippen LogP contribution in [0, 0.1) is 17.6 Å². The molecule has 0 unspecified atom stereocenters. The maximum Gasteiger partial charge on any atom is 0.255 e. The average Bonchev–Trinajstić information content (AvgIpc) is 3.41. The lowest BCUT2D eigenvalue weighted by Crippen LogP contribution is -2.24. The summed E-state index contributed by atoms with van der Waals surface area (Å²) in [6, 6.07) is 9.89. The third-order valence-electron chi connectivity index (χ3n) is 3.81. The number of halogens is 2. The molecule has 0 aromatic heterocycles. The van der Waals surface area contributed by atoms with E-state index >= 15 is 0 Å². The van der Waals surface area contributed by atoms with E-state index in [-0.39, 0.29) is 17.5 Å². The fraction of sp³-hybridized carbons (Fsp3) is 0.222. The molecule has 0 atom stereocenters. The molecular weight excluding hydrogens is 314 g/mol. The van der Waals surface area contributed by atoms with Gasteiger partial charge in [-0.25, -0.2) is 8.78 Å². The van der Waals surface area contributed by atoms with Gasteiger partial charge in [0.25, 0.3) is 5.91 Å². The zero-order valence-electron chi connectivity index (χ0n) is 12.8. The minimum atomic E-state index is -1.02. The van der Waals surface area contributed by atoms with Gasteiger partial charge in [-0.05, 0) is 42.7 Å². The number of rotatable bonds is 5. The van der Waals surface area contributed by atoms with Gasteiger partial charge in [0.1, 0.15) is 0 Å². The van der Waals surface area contributed by atoms with Crippen LogP contribution in [0.25, 0.3) is 0 Å². The Kier molecular flexibility index (Phi) is 4.55. The molecule has 4 nitrogen and oxygen atoms in total. The second-order valence-electron chi connectivity index (χ2n) is 5.77. The van der Waals surface area contributed by atoms with Gasteiger partial charge in [-0.2, -0.15) is 0 Å². The van der Waals surface area contributed by atoms with E-state index in [1.165, 1.54) is 6.07 Å². The quantitative estimate of drug-likeness (QED) is 0.884. The first-order valence-electron chi connectivity index (χ1n) is 7.66. The van der Waals surface area contributed by atoms with E-state index in [1.807, 2.05) is 0 Å². The summed E-state index contributed by atoms with van der Waals surface area (Å²) in [5.41, 5.74) is 1.45. The van der Waals surface area contributed by atoms with Gasteiger partial charge >= 0.3 is 0 Å². The predicted octanol–water partition coefficient (Wildman–Crippen LogP) is 3.24. The number of amides is 2. The Bertz CT molecular complexity index is 771. The van der Waals surface area contributed by atoms with Crippen molar-refractivity contribution in [3.05, 3.63) is 65.2 Å². The zero-order valence-corrected chi connectivity index (χ0v) is 12.8. The predicted molar refractivity (Wildman–Crippen MR) is 85.3 cm³/mol. The number of carbonyl (C=O) groups excluding carboxylic acids is 2. The van der Waals surface area contributed by atoms with Crippen LogP contribution >= 0.6 is 0 Å². The summed E-state index contributed by atoms with van der Waals surface area (Å²) in [4.78, 5) is 23.7. The molecule has 0 aliphatic heterocycles. The van der Waals surface area contributed by atoms with Crippen LogP contribution < -0.4 is 10.6 Å². The van der Waals surface area contributed by atoms with E-state index in [9.17, 15) is 18.4 Å². The van der Waals surface area contributed by atoms with Gasteiger partial charge in [0.2, 0.25) is 5.91 Å². The monoisotopic (exact) mass is 330 g/mol. The fourth-order valence-corrected chi connectivity index (χ4v) is 2.23. The highest BCUT2D eigenvalue weighted by Gasteiger charge is 2.29.